The molecule has 28 heavy (non-hydrogen) atoms. The summed E-state index contributed by atoms with van der Waals surface area (Å²) in [6, 6.07) is 5.66. The van der Waals surface area contributed by atoms with Crippen molar-refractivity contribution in [2.45, 2.75) is 32.6 Å². The fraction of sp³-hybridized carbons (Fsp3) is 0.500. The lowest BCUT2D eigenvalue weighted by molar-refractivity contribution is -0.143. The monoisotopic (exact) mass is 382 g/mol. The molecule has 1 N–H and O–H groups in total. The summed E-state index contributed by atoms with van der Waals surface area (Å²) in [4.78, 5) is 39.3. The number of imide groups is 1. The van der Waals surface area contributed by atoms with Crippen LogP contribution in [0.4, 0.5) is 5.69 Å². The fourth-order valence-electron chi connectivity index (χ4n) is 4.73. The van der Waals surface area contributed by atoms with Gasteiger partial charge < -0.3 is 10.1 Å². The Morgan fingerprint density at radius 1 is 1.14 bits per heavy atom. The largest absolute Gasteiger partial charge is 0.495 e. The first-order chi connectivity index (χ1) is 13.2. The van der Waals surface area contributed by atoms with Gasteiger partial charge in [0.25, 0.3) is 0 Å². The molecule has 4 rings (SSSR count). The van der Waals surface area contributed by atoms with Gasteiger partial charge in [-0.25, -0.2) is 0 Å². The first-order valence-corrected chi connectivity index (χ1v) is 9.72. The predicted molar refractivity (Wildman–Crippen MR) is 105 cm³/mol. The minimum absolute atomic E-state index is 0.0869. The Morgan fingerprint density at radius 3 is 2.29 bits per heavy atom. The highest BCUT2D eigenvalue weighted by Gasteiger charge is 2.59. The molecular weight excluding hydrogens is 356 g/mol. The van der Waals surface area contributed by atoms with Crippen LogP contribution in [0.2, 0.25) is 0 Å². The second-order valence-electron chi connectivity index (χ2n) is 8.98. The van der Waals surface area contributed by atoms with Gasteiger partial charge >= 0.3 is 0 Å². The molecule has 148 valence electrons. The van der Waals surface area contributed by atoms with Crippen LogP contribution in [0.15, 0.2) is 30.4 Å². The van der Waals surface area contributed by atoms with E-state index < -0.39 is 5.91 Å². The van der Waals surface area contributed by atoms with E-state index in [0.717, 1.165) is 16.9 Å². The van der Waals surface area contributed by atoms with Crippen molar-refractivity contribution in [3.63, 3.8) is 0 Å². The summed E-state index contributed by atoms with van der Waals surface area (Å²) in [5.74, 6) is -0.560. The highest BCUT2D eigenvalue weighted by Crippen LogP contribution is 2.52. The third kappa shape index (κ3) is 2.91. The number of benzene rings is 1. The normalized spacial score (nSPS) is 28.1. The van der Waals surface area contributed by atoms with E-state index in [-0.39, 0.29) is 47.4 Å². The van der Waals surface area contributed by atoms with Crippen LogP contribution in [0.1, 0.15) is 32.8 Å². The number of nitrogens with one attached hydrogen (secondary N) is 1. The smallest absolute Gasteiger partial charge is 0.244 e. The van der Waals surface area contributed by atoms with Gasteiger partial charge in [0.2, 0.25) is 17.7 Å². The molecule has 1 aromatic carbocycles. The number of ether oxygens (including phenoxy) is 1. The molecule has 3 amide bonds. The summed E-state index contributed by atoms with van der Waals surface area (Å²) in [5.41, 5.74) is 1.51. The summed E-state index contributed by atoms with van der Waals surface area (Å²) in [6.07, 6.45) is 4.97. The van der Waals surface area contributed by atoms with E-state index in [1.165, 1.54) is 0 Å². The highest BCUT2D eigenvalue weighted by atomic mass is 16.5. The van der Waals surface area contributed by atoms with E-state index in [1.807, 2.05) is 30.4 Å². The second-order valence-corrected chi connectivity index (χ2v) is 8.98. The number of fused-ring (bicyclic) bond motifs is 5. The molecule has 0 aromatic heterocycles. The zero-order chi connectivity index (χ0) is 20.2. The first-order valence-electron chi connectivity index (χ1n) is 9.72. The van der Waals surface area contributed by atoms with Crippen LogP contribution in [0, 0.1) is 23.7 Å². The van der Waals surface area contributed by atoms with Crippen LogP contribution in [0.5, 0.6) is 5.75 Å². The van der Waals surface area contributed by atoms with Crippen molar-refractivity contribution in [1.29, 1.82) is 0 Å². The molecule has 2 bridgehead atoms. The molecule has 4 atom stereocenters. The van der Waals surface area contributed by atoms with Crippen molar-refractivity contribution < 1.29 is 19.1 Å². The van der Waals surface area contributed by atoms with Crippen LogP contribution in [-0.2, 0) is 19.8 Å². The molecule has 3 aliphatic rings. The number of methoxy groups -OCH3 is 1. The summed E-state index contributed by atoms with van der Waals surface area (Å²) >= 11 is 0. The van der Waals surface area contributed by atoms with E-state index in [4.69, 9.17) is 4.74 Å². The number of hydrogen-bond acceptors (Lipinski definition) is 4. The van der Waals surface area contributed by atoms with Crippen molar-refractivity contribution >= 4 is 23.4 Å². The molecule has 6 heteroatoms. The van der Waals surface area contributed by atoms with Crippen LogP contribution in [0.25, 0.3) is 0 Å². The number of carbonyl (C=O) groups is 3. The molecule has 0 spiro atoms. The third-order valence-corrected chi connectivity index (χ3v) is 6.20. The molecule has 1 aromatic rings. The molecule has 2 aliphatic carbocycles. The van der Waals surface area contributed by atoms with Crippen LogP contribution < -0.4 is 10.1 Å². The lowest BCUT2D eigenvalue weighted by Crippen LogP contribution is -2.39. The molecule has 0 radical (unpaired) electrons. The third-order valence-electron chi connectivity index (χ3n) is 6.20. The maximum atomic E-state index is 12.8. The van der Waals surface area contributed by atoms with Gasteiger partial charge in [-0.2, -0.15) is 0 Å². The number of nitrogens with zero attached hydrogens (tertiary/aromatic N) is 1. The Bertz CT molecular complexity index is 853. The number of likely N-dealkylation sites (tertiary alicyclic amines) is 1. The van der Waals surface area contributed by atoms with Gasteiger partial charge in [0.15, 0.2) is 0 Å². The Labute approximate surface area is 164 Å². The Morgan fingerprint density at radius 2 is 1.75 bits per heavy atom. The van der Waals surface area contributed by atoms with Crippen molar-refractivity contribution in [3.05, 3.63) is 35.9 Å². The van der Waals surface area contributed by atoms with Crippen LogP contribution in [-0.4, -0.2) is 36.3 Å². The van der Waals surface area contributed by atoms with Crippen molar-refractivity contribution in [1.82, 2.24) is 4.90 Å². The standard InChI is InChI=1S/C22H26N2O4/c1-22(2,3)14-7-8-16(28-4)15(10-14)23-17(25)11-24-20(26)18-12-5-6-13(9-12)19(18)21(24)27/h5-8,10,12-13,18-19H,9,11H2,1-4H3,(H,23,25)/t12-,13-,18-,19+/m0/s1. The number of allylic oxidation sites excluding steroid dienone is 2. The SMILES string of the molecule is COc1ccc(C(C)(C)C)cc1NC(=O)CN1C(=O)[C@@H]2[C@H](C1=O)[C@H]1C=C[C@H]2C1. The van der Waals surface area contributed by atoms with E-state index in [2.05, 4.69) is 26.1 Å². The average Bonchev–Trinajstić information content (AvgIpc) is 3.31. The van der Waals surface area contributed by atoms with Crippen LogP contribution in [0.3, 0.4) is 0 Å². The van der Waals surface area contributed by atoms with E-state index in [9.17, 15) is 14.4 Å². The molecular formula is C22H26N2O4. The quantitative estimate of drug-likeness (QED) is 0.642. The number of carbonyl (C=O) groups excluding carboxylic acids is 3. The second kappa shape index (κ2) is 6.47. The zero-order valence-electron chi connectivity index (χ0n) is 16.7. The van der Waals surface area contributed by atoms with Crippen molar-refractivity contribution in [2.24, 2.45) is 23.7 Å². The van der Waals surface area contributed by atoms with Gasteiger partial charge in [-0.05, 0) is 41.4 Å². The minimum Gasteiger partial charge on any atom is -0.495 e. The fourth-order valence-corrected chi connectivity index (χ4v) is 4.73. The Hall–Kier alpha value is -2.63. The van der Waals surface area contributed by atoms with Crippen LogP contribution >= 0.6 is 0 Å². The Kier molecular flexibility index (Phi) is 4.32. The lowest BCUT2D eigenvalue weighted by Gasteiger charge is -2.22. The van der Waals surface area contributed by atoms with E-state index in [0.29, 0.717) is 11.4 Å². The van der Waals surface area contributed by atoms with Gasteiger partial charge in [0, 0.05) is 0 Å². The summed E-state index contributed by atoms with van der Waals surface area (Å²) in [6.45, 7) is 6.00. The summed E-state index contributed by atoms with van der Waals surface area (Å²) in [5, 5.41) is 2.82. The zero-order valence-corrected chi connectivity index (χ0v) is 16.7. The first kappa shape index (κ1) is 18.7. The van der Waals surface area contributed by atoms with Crippen molar-refractivity contribution in [2.75, 3.05) is 19.0 Å². The van der Waals surface area contributed by atoms with Gasteiger partial charge in [0.1, 0.15) is 12.3 Å². The number of anilines is 1. The maximum Gasteiger partial charge on any atom is 0.244 e. The molecule has 0 unspecified atom stereocenters. The maximum absolute atomic E-state index is 12.8. The van der Waals surface area contributed by atoms with Gasteiger partial charge in [0.05, 0.1) is 24.6 Å². The lowest BCUT2D eigenvalue weighted by atomic mass is 9.85. The summed E-state index contributed by atoms with van der Waals surface area (Å²) < 4.78 is 5.35. The van der Waals surface area contributed by atoms with E-state index >= 15 is 0 Å². The number of amides is 3. The highest BCUT2D eigenvalue weighted by molar-refractivity contribution is 6.09. The van der Waals surface area contributed by atoms with Gasteiger partial charge in [-0.3, -0.25) is 19.3 Å². The number of hydrogen-bond donors (Lipinski definition) is 1. The average molecular weight is 382 g/mol. The van der Waals surface area contributed by atoms with Gasteiger partial charge in [-0.1, -0.05) is 39.0 Å². The van der Waals surface area contributed by atoms with Gasteiger partial charge in [-0.15, -0.1) is 0 Å². The molecule has 1 aliphatic heterocycles. The molecule has 1 saturated heterocycles. The summed E-state index contributed by atoms with van der Waals surface area (Å²) in [7, 11) is 1.54. The predicted octanol–water partition coefficient (Wildman–Crippen LogP) is 2.74. The van der Waals surface area contributed by atoms with Crippen molar-refractivity contribution in [3.8, 4) is 5.75 Å². The number of rotatable bonds is 4. The topological polar surface area (TPSA) is 75.7 Å². The molecule has 6 nitrogen and oxygen atoms in total. The molecule has 1 heterocycles. The minimum atomic E-state index is -0.397. The Balaban J connectivity index is 1.50. The molecule has 1 saturated carbocycles. The van der Waals surface area contributed by atoms with E-state index in [1.54, 1.807) is 7.11 Å². The molecule has 2 fully saturated rings.